The second-order valence-corrected chi connectivity index (χ2v) is 7.34. The standard InChI is InChI=1S/C22H18ClN7O/c1-12(26-20-15(11-24)19(25)27-13(2)28-20)21-29-17-10-6-9-16(23)18(17)22(31)30(21)14-7-4-3-5-8-14/h3-10,12H,1-2H3,(H3,25,26,27,28). The Labute approximate surface area is 183 Å². The van der Waals surface area contributed by atoms with Gasteiger partial charge in [-0.2, -0.15) is 5.26 Å². The Morgan fingerprint density at radius 2 is 1.87 bits per heavy atom. The molecule has 0 aliphatic carbocycles. The molecule has 0 aliphatic heterocycles. The highest BCUT2D eigenvalue weighted by Crippen LogP contribution is 2.26. The average Bonchev–Trinajstić information content (AvgIpc) is 2.74. The molecule has 0 saturated carbocycles. The van der Waals surface area contributed by atoms with Crippen molar-refractivity contribution in [2.75, 3.05) is 11.1 Å². The molecule has 0 aliphatic rings. The minimum absolute atomic E-state index is 0.0865. The third-order valence-corrected chi connectivity index (χ3v) is 5.10. The molecule has 0 amide bonds. The fourth-order valence-electron chi connectivity index (χ4n) is 3.40. The van der Waals surface area contributed by atoms with Crippen molar-refractivity contribution in [2.45, 2.75) is 19.9 Å². The number of hydrogen-bond donors (Lipinski definition) is 2. The minimum Gasteiger partial charge on any atom is -0.382 e. The van der Waals surface area contributed by atoms with Crippen molar-refractivity contribution >= 4 is 34.1 Å². The molecule has 2 aromatic carbocycles. The number of nitrogen functional groups attached to an aromatic ring is 1. The quantitative estimate of drug-likeness (QED) is 0.504. The van der Waals surface area contributed by atoms with Gasteiger partial charge in [-0.3, -0.25) is 9.36 Å². The summed E-state index contributed by atoms with van der Waals surface area (Å²) in [4.78, 5) is 26.5. The zero-order valence-electron chi connectivity index (χ0n) is 16.8. The SMILES string of the molecule is Cc1nc(N)c(C#N)c(NC(C)c2nc3cccc(Cl)c3c(=O)n2-c2ccccc2)n1. The van der Waals surface area contributed by atoms with Crippen LogP contribution in [0.3, 0.4) is 0 Å². The largest absolute Gasteiger partial charge is 0.382 e. The minimum atomic E-state index is -0.503. The lowest BCUT2D eigenvalue weighted by atomic mass is 10.2. The van der Waals surface area contributed by atoms with Crippen LogP contribution in [0.25, 0.3) is 16.6 Å². The van der Waals surface area contributed by atoms with E-state index in [2.05, 4.69) is 15.3 Å². The highest BCUT2D eigenvalue weighted by atomic mass is 35.5. The van der Waals surface area contributed by atoms with Gasteiger partial charge in [0.05, 0.1) is 27.7 Å². The van der Waals surface area contributed by atoms with Crippen LogP contribution in [0.15, 0.2) is 53.3 Å². The van der Waals surface area contributed by atoms with Crippen LogP contribution in [0.1, 0.15) is 30.2 Å². The molecule has 0 radical (unpaired) electrons. The van der Waals surface area contributed by atoms with Gasteiger partial charge in [0.2, 0.25) is 0 Å². The van der Waals surface area contributed by atoms with Crippen molar-refractivity contribution in [2.24, 2.45) is 0 Å². The van der Waals surface area contributed by atoms with Gasteiger partial charge >= 0.3 is 0 Å². The highest BCUT2D eigenvalue weighted by molar-refractivity contribution is 6.35. The van der Waals surface area contributed by atoms with E-state index in [1.807, 2.05) is 43.3 Å². The van der Waals surface area contributed by atoms with Crippen molar-refractivity contribution in [3.05, 3.63) is 81.1 Å². The van der Waals surface area contributed by atoms with Gasteiger partial charge in [-0.15, -0.1) is 0 Å². The molecule has 0 spiro atoms. The Morgan fingerprint density at radius 3 is 2.58 bits per heavy atom. The molecule has 4 aromatic rings. The normalized spacial score (nSPS) is 11.8. The Balaban J connectivity index is 1.94. The number of nitrogens with one attached hydrogen (secondary N) is 1. The average molecular weight is 432 g/mol. The zero-order chi connectivity index (χ0) is 22.1. The first-order valence-corrected chi connectivity index (χ1v) is 9.86. The topological polar surface area (TPSA) is 123 Å². The molecule has 0 fully saturated rings. The molecule has 0 bridgehead atoms. The number of nitrogens with zero attached hydrogens (tertiary/aromatic N) is 5. The van der Waals surface area contributed by atoms with Crippen LogP contribution in [-0.4, -0.2) is 19.5 Å². The highest BCUT2D eigenvalue weighted by Gasteiger charge is 2.21. The molecule has 3 N–H and O–H groups in total. The van der Waals surface area contributed by atoms with Gasteiger partial charge in [0.1, 0.15) is 29.1 Å². The summed E-state index contributed by atoms with van der Waals surface area (Å²) in [5.74, 6) is 1.22. The van der Waals surface area contributed by atoms with E-state index in [0.717, 1.165) is 0 Å². The van der Waals surface area contributed by atoms with Crippen molar-refractivity contribution in [3.8, 4) is 11.8 Å². The van der Waals surface area contributed by atoms with Gasteiger partial charge in [-0.25, -0.2) is 15.0 Å². The maximum absolute atomic E-state index is 13.5. The lowest BCUT2D eigenvalue weighted by Gasteiger charge is -2.21. The molecule has 31 heavy (non-hydrogen) atoms. The van der Waals surface area contributed by atoms with Crippen molar-refractivity contribution in [1.82, 2.24) is 19.5 Å². The zero-order valence-corrected chi connectivity index (χ0v) is 17.6. The lowest BCUT2D eigenvalue weighted by molar-refractivity contribution is 0.729. The predicted octanol–water partition coefficient (Wildman–Crippen LogP) is 3.76. The number of rotatable bonds is 4. The summed E-state index contributed by atoms with van der Waals surface area (Å²) in [5, 5.41) is 13.3. The number of fused-ring (bicyclic) bond motifs is 1. The van der Waals surface area contributed by atoms with Gasteiger partial charge in [0.25, 0.3) is 5.56 Å². The molecule has 8 nitrogen and oxygen atoms in total. The van der Waals surface area contributed by atoms with E-state index in [0.29, 0.717) is 33.3 Å². The second-order valence-electron chi connectivity index (χ2n) is 6.94. The van der Waals surface area contributed by atoms with Crippen molar-refractivity contribution in [3.63, 3.8) is 0 Å². The van der Waals surface area contributed by atoms with Crippen LogP contribution in [0.4, 0.5) is 11.6 Å². The number of benzene rings is 2. The second kappa shape index (κ2) is 8.05. The molecular weight excluding hydrogens is 414 g/mol. The molecule has 9 heteroatoms. The molecule has 2 aromatic heterocycles. The predicted molar refractivity (Wildman–Crippen MR) is 120 cm³/mol. The summed E-state index contributed by atoms with van der Waals surface area (Å²) in [6, 6.07) is 15.8. The number of anilines is 2. The van der Waals surface area contributed by atoms with E-state index in [9.17, 15) is 10.1 Å². The monoisotopic (exact) mass is 431 g/mol. The number of aromatic nitrogens is 4. The van der Waals surface area contributed by atoms with Crippen molar-refractivity contribution < 1.29 is 0 Å². The summed E-state index contributed by atoms with van der Waals surface area (Å²) in [7, 11) is 0. The van der Waals surface area contributed by atoms with Gasteiger partial charge in [-0.05, 0) is 38.1 Å². The maximum Gasteiger partial charge on any atom is 0.267 e. The molecule has 1 atom stereocenters. The molecule has 2 heterocycles. The van der Waals surface area contributed by atoms with Gasteiger partial charge < -0.3 is 11.1 Å². The number of hydrogen-bond acceptors (Lipinski definition) is 7. The van der Waals surface area contributed by atoms with E-state index >= 15 is 0 Å². The van der Waals surface area contributed by atoms with E-state index < -0.39 is 6.04 Å². The summed E-state index contributed by atoms with van der Waals surface area (Å²) in [5.41, 5.74) is 6.85. The molecular formula is C22H18ClN7O. The number of para-hydroxylation sites is 1. The Bertz CT molecular complexity index is 1390. The van der Waals surface area contributed by atoms with Gasteiger partial charge in [-0.1, -0.05) is 35.9 Å². The molecule has 154 valence electrons. The van der Waals surface area contributed by atoms with Crippen molar-refractivity contribution in [1.29, 1.82) is 5.26 Å². The number of halogens is 1. The van der Waals surface area contributed by atoms with E-state index in [1.165, 1.54) is 4.57 Å². The first kappa shape index (κ1) is 20.3. The number of nitriles is 1. The lowest BCUT2D eigenvalue weighted by Crippen LogP contribution is -2.27. The fraction of sp³-hybridized carbons (Fsp3) is 0.136. The third-order valence-electron chi connectivity index (χ3n) is 4.79. The first-order valence-electron chi connectivity index (χ1n) is 9.48. The molecule has 4 rings (SSSR count). The summed E-state index contributed by atoms with van der Waals surface area (Å²) in [6.07, 6.45) is 0. The van der Waals surface area contributed by atoms with Gasteiger partial charge in [0, 0.05) is 0 Å². The van der Waals surface area contributed by atoms with Gasteiger partial charge in [0.15, 0.2) is 5.82 Å². The Morgan fingerprint density at radius 1 is 1.13 bits per heavy atom. The molecule has 1 unspecified atom stereocenters. The summed E-state index contributed by atoms with van der Waals surface area (Å²) in [6.45, 7) is 3.51. The van der Waals surface area contributed by atoms with Crippen LogP contribution >= 0.6 is 11.6 Å². The number of aryl methyl sites for hydroxylation is 1. The van der Waals surface area contributed by atoms with Crippen LogP contribution < -0.4 is 16.6 Å². The number of nitrogens with two attached hydrogens (primary N) is 1. The van der Waals surface area contributed by atoms with E-state index in [4.69, 9.17) is 22.3 Å². The summed E-state index contributed by atoms with van der Waals surface area (Å²) >= 11 is 6.32. The van der Waals surface area contributed by atoms with Crippen LogP contribution in [-0.2, 0) is 0 Å². The molecule has 0 saturated heterocycles. The fourth-order valence-corrected chi connectivity index (χ4v) is 3.65. The third kappa shape index (κ3) is 3.67. The smallest absolute Gasteiger partial charge is 0.267 e. The summed E-state index contributed by atoms with van der Waals surface area (Å²) < 4.78 is 1.51. The Kier molecular flexibility index (Phi) is 5.28. The van der Waals surface area contributed by atoms with Crippen LogP contribution in [0.2, 0.25) is 5.02 Å². The Hall–Kier alpha value is -3.96. The maximum atomic E-state index is 13.5. The van der Waals surface area contributed by atoms with Crippen LogP contribution in [0.5, 0.6) is 0 Å². The first-order chi connectivity index (χ1) is 14.9. The van der Waals surface area contributed by atoms with E-state index in [-0.39, 0.29) is 22.8 Å². The van der Waals surface area contributed by atoms with Crippen LogP contribution in [0, 0.1) is 18.3 Å². The van der Waals surface area contributed by atoms with E-state index in [1.54, 1.807) is 25.1 Å².